The highest BCUT2D eigenvalue weighted by molar-refractivity contribution is 7.89. The summed E-state index contributed by atoms with van der Waals surface area (Å²) in [6, 6.07) is 12.8. The Morgan fingerprint density at radius 2 is 1.82 bits per heavy atom. The van der Waals surface area contributed by atoms with Gasteiger partial charge < -0.3 is 14.6 Å². The van der Waals surface area contributed by atoms with E-state index in [2.05, 4.69) is 5.32 Å². The maximum absolute atomic E-state index is 14.8. The normalized spacial score (nSPS) is 18.5. The molecule has 0 aliphatic carbocycles. The quantitative estimate of drug-likeness (QED) is 0.488. The van der Waals surface area contributed by atoms with Crippen LogP contribution in [0.3, 0.4) is 0 Å². The molecule has 10 heteroatoms. The number of sulfonamides is 1. The van der Waals surface area contributed by atoms with E-state index in [4.69, 9.17) is 4.42 Å². The number of carbonyl (C=O) groups is 2. The number of rotatable bonds is 7. The number of benzene rings is 2. The molecule has 1 N–H and O–H groups in total. The van der Waals surface area contributed by atoms with Crippen molar-refractivity contribution in [1.82, 2.24) is 14.5 Å². The van der Waals surface area contributed by atoms with Crippen LogP contribution in [0.5, 0.6) is 0 Å². The molecule has 1 aromatic heterocycles. The SMILES string of the molecule is Cc1cc(-c2ccco2)c(F)cc1CNC(=O)C1CN(S(=O)(=O)c2ccccc2)CC(C)N1C(=O)C(C)C. The lowest BCUT2D eigenvalue weighted by Gasteiger charge is -2.44. The van der Waals surface area contributed by atoms with Gasteiger partial charge in [0.05, 0.1) is 16.7 Å². The fraction of sp³-hybridized carbons (Fsp3) is 0.357. The van der Waals surface area contributed by atoms with Gasteiger partial charge in [0.2, 0.25) is 21.8 Å². The average Bonchev–Trinajstić information content (AvgIpc) is 3.43. The van der Waals surface area contributed by atoms with Crippen LogP contribution in [0.4, 0.5) is 4.39 Å². The van der Waals surface area contributed by atoms with Crippen LogP contribution in [0.15, 0.2) is 70.2 Å². The van der Waals surface area contributed by atoms with E-state index in [-0.39, 0.29) is 36.4 Å². The van der Waals surface area contributed by atoms with Crippen molar-refractivity contribution in [2.45, 2.75) is 51.2 Å². The molecule has 1 aliphatic heterocycles. The molecular formula is C28H32FN3O5S. The first kappa shape index (κ1) is 27.5. The smallest absolute Gasteiger partial charge is 0.244 e. The fourth-order valence-electron chi connectivity index (χ4n) is 4.70. The minimum atomic E-state index is -3.88. The summed E-state index contributed by atoms with van der Waals surface area (Å²) in [5.41, 5.74) is 1.63. The summed E-state index contributed by atoms with van der Waals surface area (Å²) in [4.78, 5) is 28.2. The number of amides is 2. The number of halogens is 1. The first-order chi connectivity index (χ1) is 18.0. The van der Waals surface area contributed by atoms with E-state index >= 15 is 0 Å². The summed E-state index contributed by atoms with van der Waals surface area (Å²) >= 11 is 0. The Morgan fingerprint density at radius 3 is 2.45 bits per heavy atom. The van der Waals surface area contributed by atoms with Gasteiger partial charge in [-0.3, -0.25) is 9.59 Å². The second-order valence-electron chi connectivity index (χ2n) is 9.85. The van der Waals surface area contributed by atoms with Crippen molar-refractivity contribution in [2.24, 2.45) is 5.92 Å². The predicted octanol–water partition coefficient (Wildman–Crippen LogP) is 3.96. The van der Waals surface area contributed by atoms with E-state index in [1.54, 1.807) is 64.1 Å². The van der Waals surface area contributed by atoms with Crippen LogP contribution in [-0.4, -0.2) is 54.6 Å². The van der Waals surface area contributed by atoms with Crippen molar-refractivity contribution in [3.8, 4) is 11.3 Å². The highest BCUT2D eigenvalue weighted by Gasteiger charge is 2.43. The van der Waals surface area contributed by atoms with E-state index in [1.165, 1.54) is 33.7 Å². The minimum Gasteiger partial charge on any atom is -0.464 e. The van der Waals surface area contributed by atoms with Gasteiger partial charge in [-0.1, -0.05) is 32.0 Å². The van der Waals surface area contributed by atoms with E-state index in [0.29, 0.717) is 16.9 Å². The van der Waals surface area contributed by atoms with Gasteiger partial charge >= 0.3 is 0 Å². The topological polar surface area (TPSA) is 99.9 Å². The molecule has 0 bridgehead atoms. The Hall–Kier alpha value is -3.50. The van der Waals surface area contributed by atoms with Crippen molar-refractivity contribution in [3.05, 3.63) is 77.8 Å². The molecule has 1 aliphatic rings. The van der Waals surface area contributed by atoms with Crippen LogP contribution in [0.25, 0.3) is 11.3 Å². The average molecular weight is 542 g/mol. The maximum Gasteiger partial charge on any atom is 0.244 e. The van der Waals surface area contributed by atoms with Crippen LogP contribution in [0, 0.1) is 18.7 Å². The zero-order chi connectivity index (χ0) is 27.6. The van der Waals surface area contributed by atoms with E-state index < -0.39 is 33.8 Å². The molecule has 2 unspecified atom stereocenters. The Labute approximate surface area is 222 Å². The van der Waals surface area contributed by atoms with Gasteiger partial charge in [0.1, 0.15) is 17.6 Å². The van der Waals surface area contributed by atoms with Crippen LogP contribution in [0.2, 0.25) is 0 Å². The van der Waals surface area contributed by atoms with Gasteiger partial charge in [-0.15, -0.1) is 0 Å². The number of hydrogen-bond acceptors (Lipinski definition) is 5. The largest absolute Gasteiger partial charge is 0.464 e. The standard InChI is InChI=1S/C28H32FN3O5S/c1-18(2)28(34)32-20(4)16-31(38(35,36)22-9-6-5-7-10-22)17-25(32)27(33)30-15-21-14-24(29)23(13-19(21)3)26-11-8-12-37-26/h5-14,18,20,25H,15-17H2,1-4H3,(H,30,33). The molecule has 0 saturated carbocycles. The third-order valence-corrected chi connectivity index (χ3v) is 8.60. The van der Waals surface area contributed by atoms with Gasteiger partial charge in [0, 0.05) is 31.6 Å². The number of furan rings is 1. The third kappa shape index (κ3) is 5.51. The summed E-state index contributed by atoms with van der Waals surface area (Å²) in [7, 11) is -3.88. The summed E-state index contributed by atoms with van der Waals surface area (Å²) in [6.45, 7) is 6.92. The molecule has 3 aromatic rings. The van der Waals surface area contributed by atoms with Gasteiger partial charge in [-0.2, -0.15) is 4.31 Å². The second-order valence-corrected chi connectivity index (χ2v) is 11.8. The van der Waals surface area contributed by atoms with Gasteiger partial charge in [0.25, 0.3) is 0 Å². The Bertz CT molecular complexity index is 1410. The Kier molecular flexibility index (Phi) is 8.03. The number of hydrogen-bond donors (Lipinski definition) is 1. The maximum atomic E-state index is 14.8. The van der Waals surface area contributed by atoms with Gasteiger partial charge in [0.15, 0.2) is 0 Å². The lowest BCUT2D eigenvalue weighted by atomic mass is 10.0. The lowest BCUT2D eigenvalue weighted by Crippen LogP contribution is -2.65. The molecule has 0 spiro atoms. The molecule has 4 rings (SSSR count). The third-order valence-electron chi connectivity index (χ3n) is 6.75. The summed E-state index contributed by atoms with van der Waals surface area (Å²) in [6.07, 6.45) is 1.47. The summed E-state index contributed by atoms with van der Waals surface area (Å²) in [5, 5.41) is 2.80. The monoisotopic (exact) mass is 541 g/mol. The van der Waals surface area contributed by atoms with Crippen molar-refractivity contribution < 1.29 is 26.8 Å². The molecule has 202 valence electrons. The second kappa shape index (κ2) is 11.1. The summed E-state index contributed by atoms with van der Waals surface area (Å²) in [5.74, 6) is -1.21. The first-order valence-corrected chi connectivity index (χ1v) is 13.9. The fourth-order valence-corrected chi connectivity index (χ4v) is 6.24. The van der Waals surface area contributed by atoms with Crippen molar-refractivity contribution in [3.63, 3.8) is 0 Å². The van der Waals surface area contributed by atoms with Gasteiger partial charge in [-0.25, -0.2) is 12.8 Å². The molecule has 2 amide bonds. The number of nitrogens with one attached hydrogen (secondary N) is 1. The molecule has 38 heavy (non-hydrogen) atoms. The molecule has 0 radical (unpaired) electrons. The van der Waals surface area contributed by atoms with Crippen molar-refractivity contribution in [1.29, 1.82) is 0 Å². The van der Waals surface area contributed by atoms with Crippen LogP contribution >= 0.6 is 0 Å². The molecule has 1 fully saturated rings. The number of piperazine rings is 1. The highest BCUT2D eigenvalue weighted by atomic mass is 32.2. The Morgan fingerprint density at radius 1 is 1.11 bits per heavy atom. The van der Waals surface area contributed by atoms with Crippen molar-refractivity contribution >= 4 is 21.8 Å². The van der Waals surface area contributed by atoms with Crippen LogP contribution in [-0.2, 0) is 26.2 Å². The molecule has 2 aromatic carbocycles. The summed E-state index contributed by atoms with van der Waals surface area (Å²) < 4.78 is 48.1. The van der Waals surface area contributed by atoms with Gasteiger partial charge in [-0.05, 0) is 61.4 Å². The molecular weight excluding hydrogens is 509 g/mol. The van der Waals surface area contributed by atoms with E-state index in [9.17, 15) is 22.4 Å². The van der Waals surface area contributed by atoms with Crippen LogP contribution < -0.4 is 5.32 Å². The highest BCUT2D eigenvalue weighted by Crippen LogP contribution is 2.27. The lowest BCUT2D eigenvalue weighted by molar-refractivity contribution is -0.148. The van der Waals surface area contributed by atoms with Crippen LogP contribution in [0.1, 0.15) is 31.9 Å². The minimum absolute atomic E-state index is 0.0139. The number of carbonyl (C=O) groups excluding carboxylic acids is 2. The number of nitrogens with zero attached hydrogens (tertiary/aromatic N) is 2. The first-order valence-electron chi connectivity index (χ1n) is 12.5. The molecule has 2 atom stereocenters. The number of aryl methyl sites for hydroxylation is 1. The Balaban J connectivity index is 1.58. The van der Waals surface area contributed by atoms with E-state index in [0.717, 1.165) is 5.56 Å². The molecule has 8 nitrogen and oxygen atoms in total. The predicted molar refractivity (Wildman–Crippen MR) is 141 cm³/mol. The molecule has 1 saturated heterocycles. The van der Waals surface area contributed by atoms with Crippen molar-refractivity contribution in [2.75, 3.05) is 13.1 Å². The zero-order valence-electron chi connectivity index (χ0n) is 21.8. The van der Waals surface area contributed by atoms with E-state index in [1.807, 2.05) is 0 Å². The zero-order valence-corrected chi connectivity index (χ0v) is 22.7. The molecule has 2 heterocycles.